The normalized spacial score (nSPS) is 14.0. The van der Waals surface area contributed by atoms with Gasteiger partial charge in [-0.05, 0) is 43.0 Å². The molecule has 0 bridgehead atoms. The first-order chi connectivity index (χ1) is 17.0. The van der Waals surface area contributed by atoms with Crippen LogP contribution < -0.4 is 10.6 Å². The molecule has 178 valence electrons. The highest BCUT2D eigenvalue weighted by Crippen LogP contribution is 2.43. The van der Waals surface area contributed by atoms with Crippen LogP contribution in [0.1, 0.15) is 64.0 Å². The largest absolute Gasteiger partial charge is 0.481 e. The Kier molecular flexibility index (Phi) is 6.23. The van der Waals surface area contributed by atoms with Crippen LogP contribution in [0.4, 0.5) is 5.82 Å². The highest BCUT2D eigenvalue weighted by Gasteiger charge is 2.30. The molecule has 7 nitrogen and oxygen atoms in total. The SMILES string of the molecule is Cc1ccc(C(CC(=O)O)NC(=O)c2ccn3c(NCc4ccccc4)c(C4CC4)nc3c2)cc1. The number of aryl methyl sites for hydroxylation is 1. The summed E-state index contributed by atoms with van der Waals surface area (Å²) in [5, 5.41) is 15.8. The molecule has 2 heterocycles. The number of imidazole rings is 1. The summed E-state index contributed by atoms with van der Waals surface area (Å²) in [6, 6.07) is 20.6. The van der Waals surface area contributed by atoms with E-state index in [1.54, 1.807) is 12.1 Å². The van der Waals surface area contributed by atoms with Crippen molar-refractivity contribution in [2.45, 2.75) is 44.7 Å². The molecule has 5 rings (SSSR count). The van der Waals surface area contributed by atoms with Crippen LogP contribution in [0, 0.1) is 6.92 Å². The zero-order chi connectivity index (χ0) is 24.4. The zero-order valence-electron chi connectivity index (χ0n) is 19.6. The van der Waals surface area contributed by atoms with Gasteiger partial charge in [0, 0.05) is 24.2 Å². The van der Waals surface area contributed by atoms with E-state index in [1.807, 2.05) is 60.0 Å². The van der Waals surface area contributed by atoms with E-state index in [2.05, 4.69) is 22.8 Å². The number of benzene rings is 2. The highest BCUT2D eigenvalue weighted by atomic mass is 16.4. The van der Waals surface area contributed by atoms with E-state index in [-0.39, 0.29) is 12.3 Å². The van der Waals surface area contributed by atoms with Crippen LogP contribution in [-0.2, 0) is 11.3 Å². The maximum Gasteiger partial charge on any atom is 0.305 e. The number of anilines is 1. The van der Waals surface area contributed by atoms with Crippen LogP contribution in [0.3, 0.4) is 0 Å². The molecule has 1 aliphatic rings. The molecular weight excluding hydrogens is 440 g/mol. The van der Waals surface area contributed by atoms with Crippen molar-refractivity contribution in [3.63, 3.8) is 0 Å². The molecule has 0 spiro atoms. The summed E-state index contributed by atoms with van der Waals surface area (Å²) in [6.07, 6.45) is 3.89. The minimum atomic E-state index is -0.970. The number of hydrogen-bond donors (Lipinski definition) is 3. The molecule has 3 N–H and O–H groups in total. The third kappa shape index (κ3) is 5.19. The summed E-state index contributed by atoms with van der Waals surface area (Å²) in [7, 11) is 0. The lowest BCUT2D eigenvalue weighted by molar-refractivity contribution is -0.137. The first-order valence-corrected chi connectivity index (χ1v) is 11.9. The smallest absolute Gasteiger partial charge is 0.305 e. The lowest BCUT2D eigenvalue weighted by Crippen LogP contribution is -2.30. The summed E-state index contributed by atoms with van der Waals surface area (Å²) in [5.41, 5.74) is 5.18. The number of carboxylic acid groups (broad SMARTS) is 1. The number of fused-ring (bicyclic) bond motifs is 1. The maximum atomic E-state index is 13.1. The first-order valence-electron chi connectivity index (χ1n) is 11.9. The van der Waals surface area contributed by atoms with Crippen molar-refractivity contribution in [2.75, 3.05) is 5.32 Å². The van der Waals surface area contributed by atoms with Gasteiger partial charge in [0.1, 0.15) is 11.5 Å². The van der Waals surface area contributed by atoms with Crippen molar-refractivity contribution >= 4 is 23.3 Å². The van der Waals surface area contributed by atoms with Crippen molar-refractivity contribution in [3.8, 4) is 0 Å². The Balaban J connectivity index is 1.39. The minimum Gasteiger partial charge on any atom is -0.481 e. The van der Waals surface area contributed by atoms with Crippen LogP contribution in [0.5, 0.6) is 0 Å². The Bertz CT molecular complexity index is 1360. The number of pyridine rings is 1. The average Bonchev–Trinajstić information content (AvgIpc) is 3.64. The Labute approximate surface area is 203 Å². The van der Waals surface area contributed by atoms with E-state index in [0.29, 0.717) is 23.7 Å². The van der Waals surface area contributed by atoms with Crippen LogP contribution in [0.2, 0.25) is 0 Å². The number of rotatable bonds is 9. The monoisotopic (exact) mass is 468 g/mol. The molecule has 1 unspecified atom stereocenters. The second kappa shape index (κ2) is 9.62. The Morgan fingerprint density at radius 2 is 1.83 bits per heavy atom. The van der Waals surface area contributed by atoms with Crippen molar-refractivity contribution in [1.29, 1.82) is 0 Å². The van der Waals surface area contributed by atoms with Gasteiger partial charge >= 0.3 is 5.97 Å². The molecule has 7 heteroatoms. The molecule has 4 aromatic rings. The van der Waals surface area contributed by atoms with E-state index >= 15 is 0 Å². The molecule has 2 aromatic heterocycles. The van der Waals surface area contributed by atoms with Crippen LogP contribution in [-0.4, -0.2) is 26.4 Å². The summed E-state index contributed by atoms with van der Waals surface area (Å²) >= 11 is 0. The Morgan fingerprint density at radius 1 is 1.09 bits per heavy atom. The average molecular weight is 469 g/mol. The number of carbonyl (C=O) groups is 2. The van der Waals surface area contributed by atoms with E-state index in [1.165, 1.54) is 5.56 Å². The summed E-state index contributed by atoms with van der Waals surface area (Å²) < 4.78 is 1.99. The molecule has 1 atom stereocenters. The second-order valence-electron chi connectivity index (χ2n) is 9.14. The van der Waals surface area contributed by atoms with Gasteiger partial charge < -0.3 is 15.7 Å². The van der Waals surface area contributed by atoms with E-state index in [4.69, 9.17) is 4.98 Å². The van der Waals surface area contributed by atoms with Gasteiger partial charge in [-0.1, -0.05) is 60.2 Å². The molecule has 0 aliphatic heterocycles. The number of amides is 1. The molecule has 0 saturated heterocycles. The third-order valence-electron chi connectivity index (χ3n) is 6.35. The fraction of sp³-hybridized carbons (Fsp3) is 0.250. The molecule has 1 amide bonds. The quantitative estimate of drug-likeness (QED) is 0.318. The number of nitrogens with zero attached hydrogens (tertiary/aromatic N) is 2. The van der Waals surface area contributed by atoms with Crippen molar-refractivity contribution < 1.29 is 14.7 Å². The zero-order valence-corrected chi connectivity index (χ0v) is 19.6. The number of aromatic nitrogens is 2. The summed E-state index contributed by atoms with van der Waals surface area (Å²) in [5.74, 6) is 0.102. The molecule has 2 aromatic carbocycles. The van der Waals surface area contributed by atoms with Crippen LogP contribution >= 0.6 is 0 Å². The summed E-state index contributed by atoms with van der Waals surface area (Å²) in [6.45, 7) is 2.65. The van der Waals surface area contributed by atoms with Gasteiger partial charge in [-0.15, -0.1) is 0 Å². The van der Waals surface area contributed by atoms with E-state index in [0.717, 1.165) is 35.5 Å². The van der Waals surface area contributed by atoms with Gasteiger partial charge in [-0.3, -0.25) is 14.0 Å². The van der Waals surface area contributed by atoms with Gasteiger partial charge in [0.25, 0.3) is 5.91 Å². The molecule has 35 heavy (non-hydrogen) atoms. The molecule has 1 fully saturated rings. The Morgan fingerprint density at radius 3 is 2.51 bits per heavy atom. The lowest BCUT2D eigenvalue weighted by atomic mass is 10.0. The predicted octanol–water partition coefficient (Wildman–Crippen LogP) is 5.08. The van der Waals surface area contributed by atoms with Gasteiger partial charge in [0.15, 0.2) is 0 Å². The van der Waals surface area contributed by atoms with Crippen LogP contribution in [0.25, 0.3) is 5.65 Å². The summed E-state index contributed by atoms with van der Waals surface area (Å²) in [4.78, 5) is 29.4. The standard InChI is InChI=1S/C28H28N4O3/c1-18-7-9-20(10-8-18)23(16-25(33)34)30-28(35)22-13-14-32-24(15-22)31-26(21-11-12-21)27(32)29-17-19-5-3-2-4-6-19/h2-10,13-15,21,23,29H,11-12,16-17H2,1H3,(H,30,35)(H,33,34). The van der Waals surface area contributed by atoms with Gasteiger partial charge in [0.05, 0.1) is 18.2 Å². The van der Waals surface area contributed by atoms with E-state index in [9.17, 15) is 14.7 Å². The molecule has 1 aliphatic carbocycles. The number of carbonyl (C=O) groups excluding carboxylic acids is 1. The molecule has 1 saturated carbocycles. The van der Waals surface area contributed by atoms with Gasteiger partial charge in [-0.25, -0.2) is 4.98 Å². The number of hydrogen-bond acceptors (Lipinski definition) is 4. The minimum absolute atomic E-state index is 0.195. The topological polar surface area (TPSA) is 95.7 Å². The van der Waals surface area contributed by atoms with Crippen molar-refractivity contribution in [1.82, 2.24) is 14.7 Å². The molecule has 0 radical (unpaired) electrons. The Hall–Kier alpha value is -4.13. The first kappa shape index (κ1) is 22.7. The number of carboxylic acids is 1. The van der Waals surface area contributed by atoms with Gasteiger partial charge in [0.2, 0.25) is 0 Å². The highest BCUT2D eigenvalue weighted by molar-refractivity contribution is 5.95. The fourth-order valence-corrected chi connectivity index (χ4v) is 4.27. The molecular formula is C28H28N4O3. The predicted molar refractivity (Wildman–Crippen MR) is 135 cm³/mol. The second-order valence-corrected chi connectivity index (χ2v) is 9.14. The van der Waals surface area contributed by atoms with Gasteiger partial charge in [-0.2, -0.15) is 0 Å². The van der Waals surface area contributed by atoms with E-state index < -0.39 is 12.0 Å². The number of aliphatic carboxylic acids is 1. The number of nitrogens with one attached hydrogen (secondary N) is 2. The third-order valence-corrected chi connectivity index (χ3v) is 6.35. The maximum absolute atomic E-state index is 13.1. The van der Waals surface area contributed by atoms with Crippen molar-refractivity contribution in [3.05, 3.63) is 101 Å². The van der Waals surface area contributed by atoms with Crippen molar-refractivity contribution in [2.24, 2.45) is 0 Å². The fourth-order valence-electron chi connectivity index (χ4n) is 4.27. The lowest BCUT2D eigenvalue weighted by Gasteiger charge is -2.18. The van der Waals surface area contributed by atoms with Crippen LogP contribution in [0.15, 0.2) is 72.9 Å².